The summed E-state index contributed by atoms with van der Waals surface area (Å²) in [6.45, 7) is 2.03. The van der Waals surface area contributed by atoms with E-state index in [0.29, 0.717) is 16.3 Å². The highest BCUT2D eigenvalue weighted by molar-refractivity contribution is 7.81. The van der Waals surface area contributed by atoms with Crippen LogP contribution in [0.2, 0.25) is 5.02 Å². The maximum atomic E-state index is 11.6. The van der Waals surface area contributed by atoms with Crippen molar-refractivity contribution >= 4 is 40.3 Å². The second-order valence-electron chi connectivity index (χ2n) is 4.88. The fourth-order valence-electron chi connectivity index (χ4n) is 2.34. The highest BCUT2D eigenvalue weighted by Gasteiger charge is 2.24. The van der Waals surface area contributed by atoms with Crippen LogP contribution in [0.3, 0.4) is 0 Å². The molecule has 0 unspecified atom stereocenters. The molecule has 1 amide bonds. The van der Waals surface area contributed by atoms with Crippen molar-refractivity contribution in [1.29, 1.82) is 0 Å². The minimum Gasteiger partial charge on any atom is -0.325 e. The molecule has 1 aliphatic heterocycles. The SMILES string of the molecule is Cc1ccc(C(=S)c2c(Cl)ccc3c2NC(=O)C3)cc1. The summed E-state index contributed by atoms with van der Waals surface area (Å²) >= 11 is 11.9. The van der Waals surface area contributed by atoms with E-state index >= 15 is 0 Å². The van der Waals surface area contributed by atoms with Gasteiger partial charge in [-0.3, -0.25) is 4.79 Å². The zero-order valence-electron chi connectivity index (χ0n) is 10.9. The van der Waals surface area contributed by atoms with Gasteiger partial charge in [0.15, 0.2) is 0 Å². The van der Waals surface area contributed by atoms with Gasteiger partial charge in [0.05, 0.1) is 22.0 Å². The number of thiocarbonyl (C=S) groups is 1. The van der Waals surface area contributed by atoms with E-state index in [0.717, 1.165) is 22.4 Å². The van der Waals surface area contributed by atoms with Crippen molar-refractivity contribution in [2.24, 2.45) is 0 Å². The van der Waals surface area contributed by atoms with Gasteiger partial charge in [0.2, 0.25) is 5.91 Å². The van der Waals surface area contributed by atoms with E-state index in [-0.39, 0.29) is 5.91 Å². The molecule has 1 aliphatic rings. The minimum atomic E-state index is -0.0183. The van der Waals surface area contributed by atoms with Gasteiger partial charge in [0, 0.05) is 5.56 Å². The van der Waals surface area contributed by atoms with Crippen LogP contribution in [-0.2, 0) is 11.2 Å². The van der Waals surface area contributed by atoms with Crippen LogP contribution in [0.4, 0.5) is 5.69 Å². The number of carbonyl (C=O) groups is 1. The van der Waals surface area contributed by atoms with E-state index in [2.05, 4.69) is 5.32 Å². The molecule has 0 bridgehead atoms. The first-order chi connectivity index (χ1) is 9.56. The topological polar surface area (TPSA) is 29.1 Å². The second-order valence-corrected chi connectivity index (χ2v) is 5.69. The summed E-state index contributed by atoms with van der Waals surface area (Å²) in [4.78, 5) is 12.2. The maximum absolute atomic E-state index is 11.6. The Balaban J connectivity index is 2.11. The number of fused-ring (bicyclic) bond motifs is 1. The maximum Gasteiger partial charge on any atom is 0.228 e. The summed E-state index contributed by atoms with van der Waals surface area (Å²) in [6.07, 6.45) is 0.385. The van der Waals surface area contributed by atoms with E-state index < -0.39 is 0 Å². The lowest BCUT2D eigenvalue weighted by Crippen LogP contribution is -2.08. The van der Waals surface area contributed by atoms with Crippen molar-refractivity contribution < 1.29 is 4.79 Å². The first-order valence-electron chi connectivity index (χ1n) is 6.29. The van der Waals surface area contributed by atoms with Crippen LogP contribution < -0.4 is 5.32 Å². The van der Waals surface area contributed by atoms with Crippen LogP contribution in [-0.4, -0.2) is 10.8 Å². The number of anilines is 1. The molecule has 20 heavy (non-hydrogen) atoms. The van der Waals surface area contributed by atoms with E-state index in [1.807, 2.05) is 37.3 Å². The van der Waals surface area contributed by atoms with Crippen LogP contribution in [0, 0.1) is 6.92 Å². The average Bonchev–Trinajstić information content (AvgIpc) is 2.79. The number of aryl methyl sites for hydroxylation is 1. The fourth-order valence-corrected chi connectivity index (χ4v) is 2.99. The first-order valence-corrected chi connectivity index (χ1v) is 7.07. The molecule has 0 spiro atoms. The monoisotopic (exact) mass is 301 g/mol. The lowest BCUT2D eigenvalue weighted by molar-refractivity contribution is -0.115. The summed E-state index contributed by atoms with van der Waals surface area (Å²) in [5.74, 6) is -0.0183. The molecular formula is C16H12ClNOS. The first kappa shape index (κ1) is 13.3. The molecule has 0 saturated carbocycles. The zero-order valence-corrected chi connectivity index (χ0v) is 12.4. The third-order valence-electron chi connectivity index (χ3n) is 3.40. The van der Waals surface area contributed by atoms with E-state index in [9.17, 15) is 4.79 Å². The van der Waals surface area contributed by atoms with Gasteiger partial charge in [0.1, 0.15) is 0 Å². The lowest BCUT2D eigenvalue weighted by atomic mass is 9.99. The molecule has 1 N–H and O–H groups in total. The third-order valence-corrected chi connectivity index (χ3v) is 4.15. The van der Waals surface area contributed by atoms with Crippen molar-refractivity contribution in [2.45, 2.75) is 13.3 Å². The number of hydrogen-bond acceptors (Lipinski definition) is 2. The highest BCUT2D eigenvalue weighted by Crippen LogP contribution is 2.34. The molecule has 3 rings (SSSR count). The molecule has 0 radical (unpaired) electrons. The van der Waals surface area contributed by atoms with Crippen molar-refractivity contribution in [1.82, 2.24) is 0 Å². The molecule has 4 heteroatoms. The summed E-state index contributed by atoms with van der Waals surface area (Å²) < 4.78 is 0. The standard InChI is InChI=1S/C16H12ClNOS/c1-9-2-4-10(5-3-9)16(20)14-12(17)7-6-11-8-13(19)18-15(11)14/h2-7H,8H2,1H3,(H,18,19). The summed E-state index contributed by atoms with van der Waals surface area (Å²) in [5.41, 5.74) is 4.56. The molecule has 100 valence electrons. The highest BCUT2D eigenvalue weighted by atomic mass is 35.5. The van der Waals surface area contributed by atoms with Crippen molar-refractivity contribution in [3.63, 3.8) is 0 Å². The smallest absolute Gasteiger partial charge is 0.228 e. The number of halogens is 1. The van der Waals surface area contributed by atoms with Gasteiger partial charge in [0.25, 0.3) is 0 Å². The molecule has 0 aromatic heterocycles. The number of rotatable bonds is 2. The van der Waals surface area contributed by atoms with Gasteiger partial charge in [-0.15, -0.1) is 0 Å². The Kier molecular flexibility index (Phi) is 3.32. The number of carbonyl (C=O) groups excluding carboxylic acids is 1. The minimum absolute atomic E-state index is 0.0183. The summed E-state index contributed by atoms with van der Waals surface area (Å²) in [5, 5.41) is 3.42. The number of amides is 1. The van der Waals surface area contributed by atoms with E-state index in [1.54, 1.807) is 6.07 Å². The largest absolute Gasteiger partial charge is 0.325 e. The third kappa shape index (κ3) is 2.23. The Bertz CT molecular complexity index is 722. The van der Waals surface area contributed by atoms with E-state index in [1.165, 1.54) is 5.56 Å². The Morgan fingerprint density at radius 2 is 1.90 bits per heavy atom. The molecule has 0 atom stereocenters. The number of nitrogens with one attached hydrogen (secondary N) is 1. The summed E-state index contributed by atoms with van der Waals surface area (Å²) in [6, 6.07) is 11.6. The average molecular weight is 302 g/mol. The van der Waals surface area contributed by atoms with Crippen LogP contribution in [0.1, 0.15) is 22.3 Å². The van der Waals surface area contributed by atoms with Crippen LogP contribution in [0.25, 0.3) is 0 Å². The lowest BCUT2D eigenvalue weighted by Gasteiger charge is -2.12. The fraction of sp³-hybridized carbons (Fsp3) is 0.125. The van der Waals surface area contributed by atoms with Crippen LogP contribution in [0.5, 0.6) is 0 Å². The Labute approximate surface area is 127 Å². The van der Waals surface area contributed by atoms with Gasteiger partial charge >= 0.3 is 0 Å². The molecule has 2 nitrogen and oxygen atoms in total. The van der Waals surface area contributed by atoms with Crippen molar-refractivity contribution in [3.8, 4) is 0 Å². The normalized spacial score (nSPS) is 13.0. The quantitative estimate of drug-likeness (QED) is 0.673. The van der Waals surface area contributed by atoms with Crippen LogP contribution >= 0.6 is 23.8 Å². The van der Waals surface area contributed by atoms with Gasteiger partial charge in [-0.1, -0.05) is 59.7 Å². The zero-order chi connectivity index (χ0) is 14.3. The van der Waals surface area contributed by atoms with Gasteiger partial charge in [-0.05, 0) is 24.1 Å². The molecule has 0 fully saturated rings. The number of hydrogen-bond donors (Lipinski definition) is 1. The second kappa shape index (κ2) is 5.00. The molecule has 0 saturated heterocycles. The molecular weight excluding hydrogens is 290 g/mol. The molecule has 1 heterocycles. The Hall–Kier alpha value is -1.71. The van der Waals surface area contributed by atoms with Gasteiger partial charge in [-0.25, -0.2) is 0 Å². The molecule has 2 aromatic rings. The van der Waals surface area contributed by atoms with Crippen molar-refractivity contribution in [3.05, 3.63) is 63.7 Å². The summed E-state index contributed by atoms with van der Waals surface area (Å²) in [7, 11) is 0. The molecule has 0 aliphatic carbocycles. The Morgan fingerprint density at radius 1 is 1.20 bits per heavy atom. The van der Waals surface area contributed by atoms with Gasteiger partial charge in [-0.2, -0.15) is 0 Å². The van der Waals surface area contributed by atoms with E-state index in [4.69, 9.17) is 23.8 Å². The van der Waals surface area contributed by atoms with Gasteiger partial charge < -0.3 is 5.32 Å². The molecule has 2 aromatic carbocycles. The predicted molar refractivity (Wildman–Crippen MR) is 85.8 cm³/mol. The van der Waals surface area contributed by atoms with Crippen LogP contribution in [0.15, 0.2) is 36.4 Å². The predicted octanol–water partition coefficient (Wildman–Crippen LogP) is 3.91. The Morgan fingerprint density at radius 3 is 2.60 bits per heavy atom. The number of benzene rings is 2. The van der Waals surface area contributed by atoms with Crippen molar-refractivity contribution in [2.75, 3.05) is 5.32 Å².